The van der Waals surface area contributed by atoms with Gasteiger partial charge in [0.15, 0.2) is 5.82 Å². The highest BCUT2D eigenvalue weighted by molar-refractivity contribution is 5.99. The van der Waals surface area contributed by atoms with Gasteiger partial charge in [-0.2, -0.15) is 5.10 Å². The average Bonchev–Trinajstić information content (AvgIpc) is 3.52. The van der Waals surface area contributed by atoms with Gasteiger partial charge in [0.25, 0.3) is 0 Å². The van der Waals surface area contributed by atoms with Crippen LogP contribution in [-0.4, -0.2) is 22.0 Å². The van der Waals surface area contributed by atoms with Crippen molar-refractivity contribution in [1.29, 1.82) is 0 Å². The molecular formula is C24H24N4O2. The zero-order valence-electron chi connectivity index (χ0n) is 16.8. The molecule has 1 aliphatic carbocycles. The first-order chi connectivity index (χ1) is 14.5. The van der Waals surface area contributed by atoms with Gasteiger partial charge in [-0.1, -0.05) is 43.0 Å². The van der Waals surface area contributed by atoms with Gasteiger partial charge < -0.3 is 10.6 Å². The first-order valence-corrected chi connectivity index (χ1v) is 10.0. The van der Waals surface area contributed by atoms with Crippen molar-refractivity contribution in [3.05, 3.63) is 78.5 Å². The number of aromatic amines is 1. The fraction of sp³-hybridized carbons (Fsp3) is 0.208. The summed E-state index contributed by atoms with van der Waals surface area (Å²) in [6, 6.07) is 17.4. The zero-order valence-corrected chi connectivity index (χ0v) is 16.8. The molecule has 2 aromatic carbocycles. The van der Waals surface area contributed by atoms with Crippen LogP contribution in [0.3, 0.4) is 0 Å². The van der Waals surface area contributed by atoms with E-state index in [4.69, 9.17) is 0 Å². The van der Waals surface area contributed by atoms with Gasteiger partial charge in [0.1, 0.15) is 0 Å². The molecule has 0 bridgehead atoms. The molecule has 6 nitrogen and oxygen atoms in total. The van der Waals surface area contributed by atoms with Crippen molar-refractivity contribution in [1.82, 2.24) is 10.2 Å². The number of rotatable bonds is 7. The standard InChI is InChI=1S/C24H24N4O2/c1-3-23(29)25-20-11-9-16(10-12-20)19-6-4-5-18(13-19)15(2)24(30)26-22-14-21(27-28-22)17-7-8-17/h3-6,9-15,17H,1,7-8H2,2H3,(H,25,29)(H2,26,27,28,30). The number of nitrogens with zero attached hydrogens (tertiary/aromatic N) is 1. The fourth-order valence-corrected chi connectivity index (χ4v) is 3.32. The molecule has 1 atom stereocenters. The summed E-state index contributed by atoms with van der Waals surface area (Å²) >= 11 is 0. The van der Waals surface area contributed by atoms with Gasteiger partial charge in [-0.25, -0.2) is 0 Å². The Morgan fingerprint density at radius 1 is 1.10 bits per heavy atom. The first-order valence-electron chi connectivity index (χ1n) is 10.0. The molecule has 30 heavy (non-hydrogen) atoms. The van der Waals surface area contributed by atoms with E-state index in [2.05, 4.69) is 27.4 Å². The monoisotopic (exact) mass is 400 g/mol. The number of benzene rings is 2. The molecular weight excluding hydrogens is 376 g/mol. The van der Waals surface area contributed by atoms with Crippen LogP contribution in [0.2, 0.25) is 0 Å². The molecule has 3 N–H and O–H groups in total. The molecule has 1 fully saturated rings. The maximum atomic E-state index is 12.7. The summed E-state index contributed by atoms with van der Waals surface area (Å²) < 4.78 is 0. The molecule has 1 aliphatic rings. The quantitative estimate of drug-likeness (QED) is 0.497. The Balaban J connectivity index is 1.45. The highest BCUT2D eigenvalue weighted by Gasteiger charge is 2.26. The molecule has 4 rings (SSSR count). The number of aromatic nitrogens is 2. The van der Waals surface area contributed by atoms with Crippen LogP contribution in [0.15, 0.2) is 67.3 Å². The minimum atomic E-state index is -0.322. The Morgan fingerprint density at radius 3 is 2.57 bits per heavy atom. The van der Waals surface area contributed by atoms with Crippen LogP contribution >= 0.6 is 0 Å². The Morgan fingerprint density at radius 2 is 1.87 bits per heavy atom. The van der Waals surface area contributed by atoms with E-state index in [1.165, 1.54) is 18.9 Å². The van der Waals surface area contributed by atoms with Crippen molar-refractivity contribution in [2.75, 3.05) is 10.6 Å². The van der Waals surface area contributed by atoms with E-state index in [0.29, 0.717) is 17.4 Å². The van der Waals surface area contributed by atoms with E-state index >= 15 is 0 Å². The Hall–Kier alpha value is -3.67. The van der Waals surface area contributed by atoms with E-state index in [0.717, 1.165) is 22.4 Å². The molecule has 0 aliphatic heterocycles. The second kappa shape index (κ2) is 8.37. The molecule has 152 valence electrons. The van der Waals surface area contributed by atoms with Gasteiger partial charge in [-0.05, 0) is 54.7 Å². The SMILES string of the molecule is C=CC(=O)Nc1ccc(-c2cccc(C(C)C(=O)Nc3cc(C4CC4)[nH]n3)c2)cc1. The van der Waals surface area contributed by atoms with Crippen LogP contribution in [0.25, 0.3) is 11.1 Å². The fourth-order valence-electron chi connectivity index (χ4n) is 3.32. The summed E-state index contributed by atoms with van der Waals surface area (Å²) in [7, 11) is 0. The number of carbonyl (C=O) groups excluding carboxylic acids is 2. The predicted molar refractivity (Wildman–Crippen MR) is 118 cm³/mol. The van der Waals surface area contributed by atoms with Gasteiger partial charge in [0.05, 0.1) is 5.92 Å². The molecule has 1 heterocycles. The maximum absolute atomic E-state index is 12.7. The van der Waals surface area contributed by atoms with Gasteiger partial charge in [0, 0.05) is 23.4 Å². The molecule has 6 heteroatoms. The van der Waals surface area contributed by atoms with E-state index in [1.54, 1.807) is 0 Å². The third-order valence-electron chi connectivity index (χ3n) is 5.32. The number of hydrogen-bond donors (Lipinski definition) is 3. The Bertz CT molecular complexity index is 1080. The van der Waals surface area contributed by atoms with Gasteiger partial charge in [0.2, 0.25) is 11.8 Å². The smallest absolute Gasteiger partial charge is 0.247 e. The van der Waals surface area contributed by atoms with Crippen LogP contribution in [0, 0.1) is 0 Å². The maximum Gasteiger partial charge on any atom is 0.247 e. The van der Waals surface area contributed by atoms with Crippen LogP contribution in [0.4, 0.5) is 11.5 Å². The Kier molecular flexibility index (Phi) is 5.48. The summed E-state index contributed by atoms with van der Waals surface area (Å²) in [4.78, 5) is 24.1. The molecule has 1 aromatic heterocycles. The highest BCUT2D eigenvalue weighted by Crippen LogP contribution is 2.39. The van der Waals surface area contributed by atoms with Gasteiger partial charge in [-0.15, -0.1) is 0 Å². The van der Waals surface area contributed by atoms with Crippen molar-refractivity contribution in [2.24, 2.45) is 0 Å². The predicted octanol–water partition coefficient (Wildman–Crippen LogP) is 4.82. The lowest BCUT2D eigenvalue weighted by atomic mass is 9.95. The average molecular weight is 400 g/mol. The summed E-state index contributed by atoms with van der Waals surface area (Å²) in [5.41, 5.74) is 4.73. The van der Waals surface area contributed by atoms with E-state index in [-0.39, 0.29) is 17.7 Å². The minimum absolute atomic E-state index is 0.0940. The largest absolute Gasteiger partial charge is 0.323 e. The number of amides is 2. The van der Waals surface area contributed by atoms with Crippen molar-refractivity contribution >= 4 is 23.3 Å². The van der Waals surface area contributed by atoms with E-state index in [9.17, 15) is 9.59 Å². The highest BCUT2D eigenvalue weighted by atomic mass is 16.2. The lowest BCUT2D eigenvalue weighted by molar-refractivity contribution is -0.117. The Labute approximate surface area is 175 Å². The topological polar surface area (TPSA) is 86.9 Å². The molecule has 1 unspecified atom stereocenters. The number of nitrogens with one attached hydrogen (secondary N) is 3. The van der Waals surface area contributed by atoms with Crippen LogP contribution in [0.5, 0.6) is 0 Å². The summed E-state index contributed by atoms with van der Waals surface area (Å²) in [6.45, 7) is 5.34. The van der Waals surface area contributed by atoms with E-state index < -0.39 is 0 Å². The third kappa shape index (κ3) is 4.49. The van der Waals surface area contributed by atoms with Crippen molar-refractivity contribution in [3.63, 3.8) is 0 Å². The second-order valence-corrected chi connectivity index (χ2v) is 7.59. The molecule has 0 radical (unpaired) electrons. The van der Waals surface area contributed by atoms with Crippen molar-refractivity contribution in [2.45, 2.75) is 31.6 Å². The van der Waals surface area contributed by atoms with Crippen LogP contribution in [0.1, 0.15) is 42.9 Å². The van der Waals surface area contributed by atoms with Gasteiger partial charge >= 0.3 is 0 Å². The summed E-state index contributed by atoms with van der Waals surface area (Å²) in [5.74, 6) is 0.474. The molecule has 3 aromatic rings. The second-order valence-electron chi connectivity index (χ2n) is 7.59. The first kappa shape index (κ1) is 19.6. The van der Waals surface area contributed by atoms with Gasteiger partial charge in [-0.3, -0.25) is 14.7 Å². The number of anilines is 2. The lowest BCUT2D eigenvalue weighted by Gasteiger charge is -2.13. The number of carbonyl (C=O) groups is 2. The van der Waals surface area contributed by atoms with E-state index in [1.807, 2.05) is 61.5 Å². The summed E-state index contributed by atoms with van der Waals surface area (Å²) in [5, 5.41) is 12.8. The van der Waals surface area contributed by atoms with Crippen molar-refractivity contribution < 1.29 is 9.59 Å². The number of H-pyrrole nitrogens is 1. The normalized spacial score (nSPS) is 14.0. The molecule has 0 spiro atoms. The minimum Gasteiger partial charge on any atom is -0.323 e. The van der Waals surface area contributed by atoms with Crippen LogP contribution in [-0.2, 0) is 9.59 Å². The number of hydrogen-bond acceptors (Lipinski definition) is 3. The van der Waals surface area contributed by atoms with Crippen LogP contribution < -0.4 is 10.6 Å². The molecule has 1 saturated carbocycles. The third-order valence-corrected chi connectivity index (χ3v) is 5.32. The lowest BCUT2D eigenvalue weighted by Crippen LogP contribution is -2.19. The molecule has 0 saturated heterocycles. The summed E-state index contributed by atoms with van der Waals surface area (Å²) in [6.07, 6.45) is 3.60. The molecule has 2 amide bonds. The zero-order chi connectivity index (χ0) is 21.1. The van der Waals surface area contributed by atoms with Crippen molar-refractivity contribution in [3.8, 4) is 11.1 Å².